The van der Waals surface area contributed by atoms with Gasteiger partial charge >= 0.3 is 0 Å². The van der Waals surface area contributed by atoms with E-state index in [-0.39, 0.29) is 11.6 Å². The van der Waals surface area contributed by atoms with Gasteiger partial charge in [0.25, 0.3) is 12.3 Å². The van der Waals surface area contributed by atoms with E-state index in [2.05, 4.69) is 10.4 Å². The van der Waals surface area contributed by atoms with Crippen molar-refractivity contribution in [3.05, 3.63) is 47.4 Å². The number of benzene rings is 1. The van der Waals surface area contributed by atoms with Gasteiger partial charge < -0.3 is 10.1 Å². The highest BCUT2D eigenvalue weighted by Crippen LogP contribution is 2.24. The first-order valence-corrected chi connectivity index (χ1v) is 7.06. The molecule has 1 saturated heterocycles. The molecule has 1 amide bonds. The fraction of sp³-hybridized carbons (Fsp3) is 0.333. The highest BCUT2D eigenvalue weighted by Gasteiger charge is 2.22. The Hall–Kier alpha value is -2.35. The van der Waals surface area contributed by atoms with Crippen LogP contribution in [0.3, 0.4) is 0 Å². The minimum absolute atomic E-state index is 0.00589. The Morgan fingerprint density at radius 1 is 1.39 bits per heavy atom. The second-order valence-electron chi connectivity index (χ2n) is 5.17. The monoisotopic (exact) mass is 325 g/mol. The summed E-state index contributed by atoms with van der Waals surface area (Å²) < 4.78 is 45.8. The van der Waals surface area contributed by atoms with Gasteiger partial charge in [0.15, 0.2) is 0 Å². The molecule has 0 bridgehead atoms. The maximum Gasteiger partial charge on any atom is 0.263 e. The summed E-state index contributed by atoms with van der Waals surface area (Å²) in [5.41, 5.74) is -0.767. The predicted octanol–water partition coefficient (Wildman–Crippen LogP) is 3.17. The van der Waals surface area contributed by atoms with Crippen LogP contribution in [-0.2, 0) is 4.74 Å². The Kier molecular flexibility index (Phi) is 4.33. The molecule has 23 heavy (non-hydrogen) atoms. The van der Waals surface area contributed by atoms with Gasteiger partial charge in [0, 0.05) is 18.2 Å². The van der Waals surface area contributed by atoms with Gasteiger partial charge in [0.1, 0.15) is 11.6 Å². The minimum Gasteiger partial charge on any atom is -0.379 e. The minimum atomic E-state index is -2.79. The number of nitrogens with one attached hydrogen (secondary N) is 1. The van der Waals surface area contributed by atoms with Gasteiger partial charge in [-0.3, -0.25) is 4.79 Å². The highest BCUT2D eigenvalue weighted by molar-refractivity contribution is 6.04. The summed E-state index contributed by atoms with van der Waals surface area (Å²) >= 11 is 0. The van der Waals surface area contributed by atoms with Gasteiger partial charge in [-0.05, 0) is 18.6 Å². The Balaban J connectivity index is 1.78. The Morgan fingerprint density at radius 2 is 2.22 bits per heavy atom. The molecule has 1 atom stereocenters. The molecular formula is C15H14F3N3O2. The number of aromatic nitrogens is 2. The summed E-state index contributed by atoms with van der Waals surface area (Å²) in [7, 11) is 0. The maximum atomic E-state index is 13.9. The van der Waals surface area contributed by atoms with E-state index in [1.165, 1.54) is 6.20 Å². The first-order valence-electron chi connectivity index (χ1n) is 7.06. The number of nitrogens with zero attached hydrogens (tertiary/aromatic N) is 2. The van der Waals surface area contributed by atoms with Crippen molar-refractivity contribution in [1.29, 1.82) is 0 Å². The molecule has 1 aliphatic rings. The van der Waals surface area contributed by atoms with Crippen molar-refractivity contribution in [2.75, 3.05) is 18.5 Å². The Labute approximate surface area is 130 Å². The van der Waals surface area contributed by atoms with E-state index in [1.807, 2.05) is 0 Å². The lowest BCUT2D eigenvalue weighted by atomic mass is 10.1. The first kappa shape index (κ1) is 15.5. The number of amides is 1. The van der Waals surface area contributed by atoms with Crippen LogP contribution in [0.5, 0.6) is 0 Å². The van der Waals surface area contributed by atoms with Crippen LogP contribution in [0.2, 0.25) is 0 Å². The second-order valence-corrected chi connectivity index (χ2v) is 5.17. The lowest BCUT2D eigenvalue weighted by molar-refractivity contribution is 0.102. The summed E-state index contributed by atoms with van der Waals surface area (Å²) in [5, 5.41) is 6.69. The first-order chi connectivity index (χ1) is 11.1. The summed E-state index contributed by atoms with van der Waals surface area (Å²) in [6, 6.07) is 4.34. The lowest BCUT2D eigenvalue weighted by Crippen LogP contribution is -2.19. The van der Waals surface area contributed by atoms with Crippen molar-refractivity contribution < 1.29 is 22.7 Å². The number of alkyl halides is 2. The molecule has 5 nitrogen and oxygen atoms in total. The van der Waals surface area contributed by atoms with Crippen molar-refractivity contribution in [2.45, 2.75) is 18.9 Å². The zero-order chi connectivity index (χ0) is 16.4. The number of carbonyl (C=O) groups is 1. The second kappa shape index (κ2) is 6.41. The summed E-state index contributed by atoms with van der Waals surface area (Å²) in [5.74, 6) is -1.30. The molecule has 1 fully saturated rings. The third-order valence-corrected chi connectivity index (χ3v) is 3.65. The number of carbonyl (C=O) groups excluding carboxylic acids is 1. The van der Waals surface area contributed by atoms with E-state index < -0.39 is 23.7 Å². The zero-order valence-corrected chi connectivity index (χ0v) is 12.0. The van der Waals surface area contributed by atoms with Crippen molar-refractivity contribution in [2.24, 2.45) is 0 Å². The number of hydrogen-bond acceptors (Lipinski definition) is 3. The van der Waals surface area contributed by atoms with Crippen molar-refractivity contribution >= 4 is 11.7 Å². The van der Waals surface area contributed by atoms with Crippen molar-refractivity contribution in [3.8, 4) is 0 Å². The van der Waals surface area contributed by atoms with Gasteiger partial charge in [-0.1, -0.05) is 6.07 Å². The largest absolute Gasteiger partial charge is 0.379 e. The zero-order valence-electron chi connectivity index (χ0n) is 12.0. The molecule has 0 radical (unpaired) electrons. The quantitative estimate of drug-likeness (QED) is 0.939. The smallest absolute Gasteiger partial charge is 0.263 e. The number of hydrogen-bond donors (Lipinski definition) is 1. The molecule has 0 spiro atoms. The standard InChI is InChI=1S/C15H14F3N3O2/c16-12-7-9(14(17)18)1-2-11(12)15(22)20-13-3-5-19-21(13)10-4-6-23-8-10/h1-3,5,7,10,14H,4,6,8H2,(H,20,22). The lowest BCUT2D eigenvalue weighted by Gasteiger charge is -2.14. The molecule has 1 unspecified atom stereocenters. The Morgan fingerprint density at radius 3 is 2.87 bits per heavy atom. The predicted molar refractivity (Wildman–Crippen MR) is 76.0 cm³/mol. The molecule has 1 aliphatic heterocycles. The van der Waals surface area contributed by atoms with Crippen molar-refractivity contribution in [1.82, 2.24) is 9.78 Å². The fourth-order valence-electron chi connectivity index (χ4n) is 2.45. The molecule has 0 aliphatic carbocycles. The molecule has 0 saturated carbocycles. The van der Waals surface area contributed by atoms with E-state index in [0.29, 0.717) is 25.1 Å². The molecule has 3 rings (SSSR count). The molecule has 8 heteroatoms. The van der Waals surface area contributed by atoms with E-state index in [4.69, 9.17) is 4.74 Å². The molecule has 1 N–H and O–H groups in total. The molecule has 1 aromatic heterocycles. The number of halogens is 3. The van der Waals surface area contributed by atoms with E-state index in [1.54, 1.807) is 10.7 Å². The third-order valence-electron chi connectivity index (χ3n) is 3.65. The molecular weight excluding hydrogens is 311 g/mol. The summed E-state index contributed by atoms with van der Waals surface area (Å²) in [6.07, 6.45) is -0.503. The van der Waals surface area contributed by atoms with Gasteiger partial charge in [-0.25, -0.2) is 17.9 Å². The normalized spacial score (nSPS) is 17.7. The molecule has 2 heterocycles. The van der Waals surface area contributed by atoms with Gasteiger partial charge in [-0.2, -0.15) is 5.10 Å². The molecule has 122 valence electrons. The van der Waals surface area contributed by atoms with Gasteiger partial charge in [0.2, 0.25) is 0 Å². The van der Waals surface area contributed by atoms with Crippen LogP contribution in [0.4, 0.5) is 19.0 Å². The summed E-state index contributed by atoms with van der Waals surface area (Å²) in [4.78, 5) is 12.2. The van der Waals surface area contributed by atoms with Gasteiger partial charge in [0.05, 0.1) is 24.4 Å². The van der Waals surface area contributed by atoms with E-state index >= 15 is 0 Å². The van der Waals surface area contributed by atoms with Crippen LogP contribution in [-0.4, -0.2) is 28.9 Å². The van der Waals surface area contributed by atoms with E-state index in [9.17, 15) is 18.0 Å². The Bertz CT molecular complexity index is 712. The average molecular weight is 325 g/mol. The van der Waals surface area contributed by atoms with Gasteiger partial charge in [-0.15, -0.1) is 0 Å². The third kappa shape index (κ3) is 3.21. The average Bonchev–Trinajstić information content (AvgIpc) is 3.17. The molecule has 1 aromatic carbocycles. The maximum absolute atomic E-state index is 13.9. The van der Waals surface area contributed by atoms with E-state index in [0.717, 1.165) is 18.6 Å². The number of rotatable bonds is 4. The molecule has 2 aromatic rings. The van der Waals surface area contributed by atoms with Crippen LogP contribution < -0.4 is 5.32 Å². The number of ether oxygens (including phenoxy) is 1. The van der Waals surface area contributed by atoms with Crippen LogP contribution in [0.25, 0.3) is 0 Å². The van der Waals surface area contributed by atoms with Crippen molar-refractivity contribution in [3.63, 3.8) is 0 Å². The highest BCUT2D eigenvalue weighted by atomic mass is 19.3. The van der Waals surface area contributed by atoms with Crippen LogP contribution in [0, 0.1) is 5.82 Å². The van der Waals surface area contributed by atoms with Crippen LogP contribution >= 0.6 is 0 Å². The van der Waals surface area contributed by atoms with Crippen LogP contribution in [0.1, 0.15) is 34.8 Å². The number of anilines is 1. The SMILES string of the molecule is O=C(Nc1ccnn1C1CCOC1)c1ccc(C(F)F)cc1F. The summed E-state index contributed by atoms with van der Waals surface area (Å²) in [6.45, 7) is 1.10. The fourth-order valence-corrected chi connectivity index (χ4v) is 2.45. The topological polar surface area (TPSA) is 56.2 Å². The van der Waals surface area contributed by atoms with Crippen LogP contribution in [0.15, 0.2) is 30.5 Å².